The average Bonchev–Trinajstić information content (AvgIpc) is 2.60. The Morgan fingerprint density at radius 3 is 2.65 bits per heavy atom. The summed E-state index contributed by atoms with van der Waals surface area (Å²) >= 11 is 0. The number of aliphatic hydroxyl groups excluding tert-OH is 1. The Kier molecular flexibility index (Phi) is 6.16. The van der Waals surface area contributed by atoms with Gasteiger partial charge in [0.15, 0.2) is 0 Å². The van der Waals surface area contributed by atoms with Gasteiger partial charge in [-0.15, -0.1) is 0 Å². The average molecular weight is 318 g/mol. The normalized spacial score (nSPS) is 16.7. The topological polar surface area (TPSA) is 69.6 Å². The van der Waals surface area contributed by atoms with Crippen molar-refractivity contribution in [2.45, 2.75) is 45.1 Å². The van der Waals surface area contributed by atoms with Crippen molar-refractivity contribution in [3.05, 3.63) is 29.8 Å². The van der Waals surface area contributed by atoms with Crippen molar-refractivity contribution >= 4 is 17.5 Å². The number of nitrogens with zero attached hydrogens (tertiary/aromatic N) is 1. The SMILES string of the molecule is CC(CO)N(C)C(=O)c1cccc(NC(=O)C2CCCCC2)c1. The summed E-state index contributed by atoms with van der Waals surface area (Å²) < 4.78 is 0. The molecule has 1 aromatic rings. The van der Waals surface area contributed by atoms with Gasteiger partial charge in [0.1, 0.15) is 0 Å². The fourth-order valence-corrected chi connectivity index (χ4v) is 2.87. The summed E-state index contributed by atoms with van der Waals surface area (Å²) in [6.45, 7) is 1.70. The Morgan fingerprint density at radius 1 is 1.30 bits per heavy atom. The van der Waals surface area contributed by atoms with E-state index in [1.54, 1.807) is 38.2 Å². The van der Waals surface area contributed by atoms with Crippen LogP contribution >= 0.6 is 0 Å². The van der Waals surface area contributed by atoms with Crippen molar-refractivity contribution in [2.75, 3.05) is 19.0 Å². The number of rotatable bonds is 5. The molecule has 5 heteroatoms. The van der Waals surface area contributed by atoms with Crippen LogP contribution < -0.4 is 5.32 Å². The molecule has 2 rings (SSSR count). The van der Waals surface area contributed by atoms with Gasteiger partial charge < -0.3 is 15.3 Å². The maximum Gasteiger partial charge on any atom is 0.253 e. The molecule has 23 heavy (non-hydrogen) atoms. The quantitative estimate of drug-likeness (QED) is 0.877. The van der Waals surface area contributed by atoms with Gasteiger partial charge in [-0.05, 0) is 38.0 Å². The number of amides is 2. The zero-order valence-corrected chi connectivity index (χ0v) is 13.9. The lowest BCUT2D eigenvalue weighted by Gasteiger charge is -2.23. The molecule has 2 N–H and O–H groups in total. The molecule has 0 heterocycles. The van der Waals surface area contributed by atoms with Crippen molar-refractivity contribution in [3.63, 3.8) is 0 Å². The first-order chi connectivity index (χ1) is 11.0. The first kappa shape index (κ1) is 17.5. The molecule has 5 nitrogen and oxygen atoms in total. The number of nitrogens with one attached hydrogen (secondary N) is 1. The predicted octanol–water partition coefficient (Wildman–Crippen LogP) is 2.66. The molecule has 1 aliphatic rings. The second kappa shape index (κ2) is 8.11. The molecule has 1 unspecified atom stereocenters. The lowest BCUT2D eigenvalue weighted by Crippen LogP contribution is -2.37. The molecule has 1 saturated carbocycles. The summed E-state index contributed by atoms with van der Waals surface area (Å²) in [5, 5.41) is 12.1. The molecule has 2 amide bonds. The third kappa shape index (κ3) is 4.55. The van der Waals surface area contributed by atoms with Crippen LogP contribution in [0.5, 0.6) is 0 Å². The maximum absolute atomic E-state index is 12.4. The van der Waals surface area contributed by atoms with Crippen molar-refractivity contribution in [2.24, 2.45) is 5.92 Å². The summed E-state index contributed by atoms with van der Waals surface area (Å²) in [6, 6.07) is 6.74. The van der Waals surface area contributed by atoms with E-state index in [9.17, 15) is 9.59 Å². The van der Waals surface area contributed by atoms with E-state index in [0.717, 1.165) is 25.7 Å². The van der Waals surface area contributed by atoms with Crippen molar-refractivity contribution in [3.8, 4) is 0 Å². The highest BCUT2D eigenvalue weighted by Gasteiger charge is 2.22. The molecular formula is C18H26N2O3. The van der Waals surface area contributed by atoms with Crippen molar-refractivity contribution in [1.82, 2.24) is 4.90 Å². The number of carbonyl (C=O) groups is 2. The third-order valence-electron chi connectivity index (χ3n) is 4.60. The molecule has 0 aliphatic heterocycles. The zero-order chi connectivity index (χ0) is 16.8. The molecule has 0 aromatic heterocycles. The summed E-state index contributed by atoms with van der Waals surface area (Å²) in [7, 11) is 1.66. The number of carbonyl (C=O) groups excluding carboxylic acids is 2. The van der Waals surface area contributed by atoms with Crippen LogP contribution in [0.25, 0.3) is 0 Å². The summed E-state index contributed by atoms with van der Waals surface area (Å²) in [5.41, 5.74) is 1.16. The van der Waals surface area contributed by atoms with E-state index in [1.807, 2.05) is 0 Å². The molecule has 0 radical (unpaired) electrons. The standard InChI is InChI=1S/C18H26N2O3/c1-13(12-21)20(2)18(23)15-9-6-10-16(11-15)19-17(22)14-7-4-3-5-8-14/h6,9-11,13-14,21H,3-5,7-8,12H2,1-2H3,(H,19,22). The van der Waals surface area contributed by atoms with Gasteiger partial charge in [0, 0.05) is 24.2 Å². The molecular weight excluding hydrogens is 292 g/mol. The molecule has 0 bridgehead atoms. The monoisotopic (exact) mass is 318 g/mol. The van der Waals surface area contributed by atoms with Gasteiger partial charge >= 0.3 is 0 Å². The number of benzene rings is 1. The molecule has 1 atom stereocenters. The van der Waals surface area contributed by atoms with Crippen LogP contribution in [0.4, 0.5) is 5.69 Å². The summed E-state index contributed by atoms with van der Waals surface area (Å²) in [5.74, 6) is -0.0353. The predicted molar refractivity (Wildman–Crippen MR) is 90.3 cm³/mol. The van der Waals surface area contributed by atoms with Gasteiger partial charge in [-0.3, -0.25) is 9.59 Å². The lowest BCUT2D eigenvalue weighted by atomic mass is 9.88. The van der Waals surface area contributed by atoms with Gasteiger partial charge in [-0.25, -0.2) is 0 Å². The fourth-order valence-electron chi connectivity index (χ4n) is 2.87. The Morgan fingerprint density at radius 2 is 2.00 bits per heavy atom. The van der Waals surface area contributed by atoms with Gasteiger partial charge in [0.2, 0.25) is 5.91 Å². The molecule has 126 valence electrons. The van der Waals surface area contributed by atoms with Gasteiger partial charge in [0.25, 0.3) is 5.91 Å². The van der Waals surface area contributed by atoms with E-state index in [0.29, 0.717) is 11.3 Å². The first-order valence-corrected chi connectivity index (χ1v) is 8.32. The van der Waals surface area contributed by atoms with Crippen LogP contribution in [-0.4, -0.2) is 41.5 Å². The Bertz CT molecular complexity index is 553. The highest BCUT2D eigenvalue weighted by Crippen LogP contribution is 2.25. The van der Waals surface area contributed by atoms with Crippen LogP contribution in [0, 0.1) is 5.92 Å². The van der Waals surface area contributed by atoms with Crippen LogP contribution in [0.2, 0.25) is 0 Å². The molecule has 0 saturated heterocycles. The Balaban J connectivity index is 2.04. The molecule has 1 aliphatic carbocycles. The maximum atomic E-state index is 12.4. The smallest absolute Gasteiger partial charge is 0.253 e. The van der Waals surface area contributed by atoms with E-state index >= 15 is 0 Å². The second-order valence-electron chi connectivity index (χ2n) is 6.35. The zero-order valence-electron chi connectivity index (χ0n) is 13.9. The summed E-state index contributed by atoms with van der Waals surface area (Å²) in [4.78, 5) is 26.2. The fraction of sp³-hybridized carbons (Fsp3) is 0.556. The second-order valence-corrected chi connectivity index (χ2v) is 6.35. The number of hydrogen-bond acceptors (Lipinski definition) is 3. The van der Waals surface area contributed by atoms with Crippen molar-refractivity contribution < 1.29 is 14.7 Å². The minimum atomic E-state index is -0.247. The number of likely N-dealkylation sites (N-methyl/N-ethyl adjacent to an activating group) is 1. The molecule has 1 aromatic carbocycles. The first-order valence-electron chi connectivity index (χ1n) is 8.32. The van der Waals surface area contributed by atoms with Gasteiger partial charge in [-0.1, -0.05) is 25.3 Å². The minimum Gasteiger partial charge on any atom is -0.394 e. The van der Waals surface area contributed by atoms with Crippen molar-refractivity contribution in [1.29, 1.82) is 0 Å². The summed E-state index contributed by atoms with van der Waals surface area (Å²) in [6.07, 6.45) is 5.33. The molecule has 0 spiro atoms. The van der Waals surface area contributed by atoms with E-state index < -0.39 is 0 Å². The lowest BCUT2D eigenvalue weighted by molar-refractivity contribution is -0.120. The van der Waals surface area contributed by atoms with Crippen LogP contribution in [0.15, 0.2) is 24.3 Å². The third-order valence-corrected chi connectivity index (χ3v) is 4.60. The largest absolute Gasteiger partial charge is 0.394 e. The number of hydrogen-bond donors (Lipinski definition) is 2. The van der Waals surface area contributed by atoms with E-state index in [2.05, 4.69) is 5.32 Å². The number of anilines is 1. The van der Waals surface area contributed by atoms with Gasteiger partial charge in [0.05, 0.1) is 12.6 Å². The minimum absolute atomic E-state index is 0.0476. The van der Waals surface area contributed by atoms with Crippen LogP contribution in [0.3, 0.4) is 0 Å². The van der Waals surface area contributed by atoms with E-state index in [1.165, 1.54) is 11.3 Å². The number of aliphatic hydroxyl groups is 1. The van der Waals surface area contributed by atoms with Crippen LogP contribution in [-0.2, 0) is 4.79 Å². The highest BCUT2D eigenvalue weighted by molar-refractivity contribution is 5.97. The van der Waals surface area contributed by atoms with E-state index in [-0.39, 0.29) is 30.4 Å². The van der Waals surface area contributed by atoms with E-state index in [4.69, 9.17) is 5.11 Å². The van der Waals surface area contributed by atoms with Crippen LogP contribution in [0.1, 0.15) is 49.4 Å². The highest BCUT2D eigenvalue weighted by atomic mass is 16.3. The van der Waals surface area contributed by atoms with Gasteiger partial charge in [-0.2, -0.15) is 0 Å². The molecule has 1 fully saturated rings. The Hall–Kier alpha value is -1.88. The Labute approximate surface area is 137 Å².